The summed E-state index contributed by atoms with van der Waals surface area (Å²) in [6, 6.07) is 8.07. The Kier molecular flexibility index (Phi) is 3.35. The first kappa shape index (κ1) is 13.2. The van der Waals surface area contributed by atoms with Crippen LogP contribution in [0, 0.1) is 0 Å². The second-order valence-corrected chi connectivity index (χ2v) is 4.46. The van der Waals surface area contributed by atoms with Crippen LogP contribution in [0.15, 0.2) is 30.3 Å². The third-order valence-corrected chi connectivity index (χ3v) is 3.03. The van der Waals surface area contributed by atoms with E-state index in [0.717, 1.165) is 0 Å². The van der Waals surface area contributed by atoms with Crippen LogP contribution < -0.4 is 14.2 Å². The molecule has 0 radical (unpaired) electrons. The molecule has 0 bridgehead atoms. The number of hydrogen-bond acceptors (Lipinski definition) is 5. The van der Waals surface area contributed by atoms with E-state index in [1.807, 2.05) is 6.92 Å². The van der Waals surface area contributed by atoms with Crippen LogP contribution in [0.5, 0.6) is 23.1 Å². The van der Waals surface area contributed by atoms with Crippen LogP contribution >= 0.6 is 0 Å². The monoisotopic (exact) mass is 287 g/mol. The largest absolute Gasteiger partial charge is 0.478 e. The SMILES string of the molecule is CCc1cc(C(=O)O)cc(Oc2ccc3c(c2)OCO3)n1. The maximum atomic E-state index is 11.1. The number of hydrogen-bond donors (Lipinski definition) is 1. The summed E-state index contributed by atoms with van der Waals surface area (Å²) in [7, 11) is 0. The Morgan fingerprint density at radius 1 is 1.29 bits per heavy atom. The van der Waals surface area contributed by atoms with Crippen LogP contribution in [0.4, 0.5) is 0 Å². The molecule has 0 saturated carbocycles. The quantitative estimate of drug-likeness (QED) is 0.931. The number of aryl methyl sites for hydroxylation is 1. The van der Waals surface area contributed by atoms with Gasteiger partial charge in [0, 0.05) is 17.8 Å². The predicted octanol–water partition coefficient (Wildman–Crippen LogP) is 2.86. The molecule has 6 nitrogen and oxygen atoms in total. The minimum atomic E-state index is -1.01. The minimum absolute atomic E-state index is 0.151. The standard InChI is InChI=1S/C15H13NO5/c1-2-10-5-9(15(17)18)6-14(16-10)21-11-3-4-12-13(7-11)20-8-19-12/h3-7H,2,8H2,1H3,(H,17,18). The van der Waals surface area contributed by atoms with Crippen molar-refractivity contribution in [3.63, 3.8) is 0 Å². The van der Waals surface area contributed by atoms with Gasteiger partial charge in [-0.1, -0.05) is 6.92 Å². The van der Waals surface area contributed by atoms with Crippen molar-refractivity contribution >= 4 is 5.97 Å². The van der Waals surface area contributed by atoms with E-state index in [0.29, 0.717) is 29.4 Å². The highest BCUT2D eigenvalue weighted by atomic mass is 16.7. The van der Waals surface area contributed by atoms with E-state index < -0.39 is 5.97 Å². The van der Waals surface area contributed by atoms with Crippen molar-refractivity contribution in [1.82, 2.24) is 4.98 Å². The lowest BCUT2D eigenvalue weighted by molar-refractivity contribution is 0.0696. The van der Waals surface area contributed by atoms with Gasteiger partial charge in [-0.3, -0.25) is 0 Å². The molecule has 0 atom stereocenters. The number of fused-ring (bicyclic) bond motifs is 1. The number of carbonyl (C=O) groups is 1. The highest BCUT2D eigenvalue weighted by Gasteiger charge is 2.15. The highest BCUT2D eigenvalue weighted by molar-refractivity contribution is 5.88. The molecule has 1 aromatic heterocycles. The summed E-state index contributed by atoms with van der Waals surface area (Å²) >= 11 is 0. The molecule has 2 heterocycles. The first-order valence-corrected chi connectivity index (χ1v) is 6.47. The van der Waals surface area contributed by atoms with E-state index in [4.69, 9.17) is 19.3 Å². The molecule has 0 saturated heterocycles. The molecule has 0 fully saturated rings. The third kappa shape index (κ3) is 2.74. The normalized spacial score (nSPS) is 12.2. The van der Waals surface area contributed by atoms with Crippen molar-refractivity contribution in [3.05, 3.63) is 41.6 Å². The fourth-order valence-corrected chi connectivity index (χ4v) is 1.98. The molecule has 3 rings (SSSR count). The molecule has 2 aromatic rings. The Bertz CT molecular complexity index is 698. The first-order chi connectivity index (χ1) is 10.2. The van der Waals surface area contributed by atoms with E-state index in [1.165, 1.54) is 12.1 Å². The lowest BCUT2D eigenvalue weighted by Gasteiger charge is -2.08. The van der Waals surface area contributed by atoms with Gasteiger partial charge in [0.05, 0.1) is 5.56 Å². The topological polar surface area (TPSA) is 77.9 Å². The average molecular weight is 287 g/mol. The van der Waals surface area contributed by atoms with Crippen molar-refractivity contribution in [2.45, 2.75) is 13.3 Å². The average Bonchev–Trinajstić information content (AvgIpc) is 2.94. The van der Waals surface area contributed by atoms with Crippen molar-refractivity contribution in [2.24, 2.45) is 0 Å². The molecule has 0 aliphatic carbocycles. The van der Waals surface area contributed by atoms with Gasteiger partial charge in [-0.2, -0.15) is 0 Å². The fraction of sp³-hybridized carbons (Fsp3) is 0.200. The van der Waals surface area contributed by atoms with Crippen molar-refractivity contribution in [1.29, 1.82) is 0 Å². The van der Waals surface area contributed by atoms with Crippen LogP contribution in [0.1, 0.15) is 23.0 Å². The number of carboxylic acids is 1. The zero-order valence-corrected chi connectivity index (χ0v) is 11.3. The van der Waals surface area contributed by atoms with Gasteiger partial charge >= 0.3 is 5.97 Å². The van der Waals surface area contributed by atoms with Crippen molar-refractivity contribution < 1.29 is 24.1 Å². The van der Waals surface area contributed by atoms with E-state index in [9.17, 15) is 4.79 Å². The number of rotatable bonds is 4. The zero-order chi connectivity index (χ0) is 14.8. The third-order valence-electron chi connectivity index (χ3n) is 3.03. The molecule has 1 aromatic carbocycles. The van der Waals surface area contributed by atoms with Crippen LogP contribution in [0.25, 0.3) is 0 Å². The van der Waals surface area contributed by atoms with Crippen LogP contribution in [0.3, 0.4) is 0 Å². The summed E-state index contributed by atoms with van der Waals surface area (Å²) in [5.74, 6) is 0.992. The van der Waals surface area contributed by atoms with Gasteiger partial charge in [-0.05, 0) is 24.6 Å². The predicted molar refractivity (Wildman–Crippen MR) is 73.2 cm³/mol. The van der Waals surface area contributed by atoms with Gasteiger partial charge in [0.2, 0.25) is 12.7 Å². The summed E-state index contributed by atoms with van der Waals surface area (Å²) < 4.78 is 16.1. The van der Waals surface area contributed by atoms with E-state index in [1.54, 1.807) is 18.2 Å². The summed E-state index contributed by atoms with van der Waals surface area (Å²) in [4.78, 5) is 15.4. The molecule has 21 heavy (non-hydrogen) atoms. The van der Waals surface area contributed by atoms with Gasteiger partial charge < -0.3 is 19.3 Å². The smallest absolute Gasteiger partial charge is 0.335 e. The molecule has 1 aliphatic heterocycles. The highest BCUT2D eigenvalue weighted by Crippen LogP contribution is 2.36. The molecule has 0 spiro atoms. The maximum Gasteiger partial charge on any atom is 0.335 e. The van der Waals surface area contributed by atoms with Crippen LogP contribution in [-0.2, 0) is 6.42 Å². The number of aromatic carboxylic acids is 1. The van der Waals surface area contributed by atoms with Gasteiger partial charge in [-0.25, -0.2) is 9.78 Å². The Morgan fingerprint density at radius 2 is 2.10 bits per heavy atom. The fourth-order valence-electron chi connectivity index (χ4n) is 1.98. The molecule has 6 heteroatoms. The number of ether oxygens (including phenoxy) is 3. The number of nitrogens with zero attached hydrogens (tertiary/aromatic N) is 1. The first-order valence-electron chi connectivity index (χ1n) is 6.47. The molecule has 1 N–H and O–H groups in total. The Balaban J connectivity index is 1.90. The van der Waals surface area contributed by atoms with Crippen molar-refractivity contribution in [3.8, 4) is 23.1 Å². The second-order valence-electron chi connectivity index (χ2n) is 4.46. The lowest BCUT2D eigenvalue weighted by Crippen LogP contribution is -2.01. The summed E-state index contributed by atoms with van der Waals surface area (Å²) in [6.45, 7) is 2.09. The number of carboxylic acid groups (broad SMARTS) is 1. The molecule has 1 aliphatic rings. The number of pyridine rings is 1. The van der Waals surface area contributed by atoms with E-state index >= 15 is 0 Å². The maximum absolute atomic E-state index is 11.1. The van der Waals surface area contributed by atoms with Crippen molar-refractivity contribution in [2.75, 3.05) is 6.79 Å². The van der Waals surface area contributed by atoms with Gasteiger partial charge in [0.25, 0.3) is 0 Å². The Labute approximate surface area is 120 Å². The minimum Gasteiger partial charge on any atom is -0.478 e. The van der Waals surface area contributed by atoms with Gasteiger partial charge in [0.15, 0.2) is 11.5 Å². The van der Waals surface area contributed by atoms with Gasteiger partial charge in [0.1, 0.15) is 5.75 Å². The summed E-state index contributed by atoms with van der Waals surface area (Å²) in [5.41, 5.74) is 0.809. The lowest BCUT2D eigenvalue weighted by atomic mass is 10.2. The molecular weight excluding hydrogens is 274 g/mol. The van der Waals surface area contributed by atoms with Crippen LogP contribution in [0.2, 0.25) is 0 Å². The second kappa shape index (κ2) is 5.32. The molecular formula is C15H13NO5. The molecule has 0 amide bonds. The van der Waals surface area contributed by atoms with Gasteiger partial charge in [-0.15, -0.1) is 0 Å². The number of benzene rings is 1. The Hall–Kier alpha value is -2.76. The molecule has 0 unspecified atom stereocenters. The number of aromatic nitrogens is 1. The summed E-state index contributed by atoms with van der Waals surface area (Å²) in [5, 5.41) is 9.10. The van der Waals surface area contributed by atoms with E-state index in [2.05, 4.69) is 4.98 Å². The van der Waals surface area contributed by atoms with E-state index in [-0.39, 0.29) is 18.2 Å². The molecule has 108 valence electrons. The zero-order valence-electron chi connectivity index (χ0n) is 11.3. The summed E-state index contributed by atoms with van der Waals surface area (Å²) in [6.07, 6.45) is 0.624. The Morgan fingerprint density at radius 3 is 2.86 bits per heavy atom. The van der Waals surface area contributed by atoms with Crippen LogP contribution in [-0.4, -0.2) is 22.9 Å².